The van der Waals surface area contributed by atoms with E-state index in [1.54, 1.807) is 11.3 Å². The molecule has 158 valence electrons. The molecule has 3 heterocycles. The van der Waals surface area contributed by atoms with E-state index in [1.807, 2.05) is 23.6 Å². The average Bonchev–Trinajstić information content (AvgIpc) is 3.41. The molecule has 0 radical (unpaired) electrons. The molecule has 5 aromatic rings. The van der Waals surface area contributed by atoms with Crippen molar-refractivity contribution in [1.82, 2.24) is 9.97 Å². The van der Waals surface area contributed by atoms with Crippen molar-refractivity contribution >= 4 is 33.5 Å². The topological polar surface area (TPSA) is 52.1 Å². The van der Waals surface area contributed by atoms with Crippen LogP contribution in [-0.2, 0) is 10.8 Å². The molecule has 0 spiro atoms. The highest BCUT2D eigenvalue weighted by Crippen LogP contribution is 2.39. The first-order chi connectivity index (χ1) is 14.6. The molecule has 0 unspecified atom stereocenters. The lowest BCUT2D eigenvalue weighted by molar-refractivity contribution is 0.589. The summed E-state index contributed by atoms with van der Waals surface area (Å²) in [6.45, 7) is 13.2. The van der Waals surface area contributed by atoms with Crippen LogP contribution in [-0.4, -0.2) is 9.97 Å². The molecular weight excluding hydrogens is 404 g/mol. The molecule has 0 saturated heterocycles. The number of rotatable bonds is 2. The van der Waals surface area contributed by atoms with Gasteiger partial charge in [0, 0.05) is 0 Å². The second-order valence-corrected chi connectivity index (χ2v) is 11.0. The van der Waals surface area contributed by atoms with Crippen LogP contribution in [0.15, 0.2) is 56.7 Å². The van der Waals surface area contributed by atoms with Crippen LogP contribution in [0.5, 0.6) is 0 Å². The van der Waals surface area contributed by atoms with E-state index in [2.05, 4.69) is 65.8 Å². The Morgan fingerprint density at radius 2 is 1.19 bits per heavy atom. The monoisotopic (exact) mass is 430 g/mol. The van der Waals surface area contributed by atoms with Gasteiger partial charge in [0.05, 0.1) is 5.56 Å². The molecule has 0 aliphatic rings. The van der Waals surface area contributed by atoms with Crippen molar-refractivity contribution in [2.75, 3.05) is 0 Å². The molecule has 0 saturated carbocycles. The first-order valence-electron chi connectivity index (χ1n) is 10.5. The molecule has 4 nitrogen and oxygen atoms in total. The standard InChI is InChI=1S/C26H26N2O2S/c1-25(2,3)15-7-9-20-18(13-15)27-23(29-20)17-11-12-31-22(17)24-28-19-14-16(26(4,5)6)8-10-21(19)30-24/h7-14H,1-6H3. The lowest BCUT2D eigenvalue weighted by Gasteiger charge is -2.18. The Labute approximate surface area is 185 Å². The van der Waals surface area contributed by atoms with Crippen LogP contribution in [0.3, 0.4) is 0 Å². The Balaban J connectivity index is 1.58. The van der Waals surface area contributed by atoms with Crippen molar-refractivity contribution in [3.63, 3.8) is 0 Å². The highest BCUT2D eigenvalue weighted by atomic mass is 32.1. The maximum Gasteiger partial charge on any atom is 0.238 e. The van der Waals surface area contributed by atoms with Gasteiger partial charge in [-0.1, -0.05) is 53.7 Å². The summed E-state index contributed by atoms with van der Waals surface area (Å²) in [5.41, 5.74) is 6.81. The Morgan fingerprint density at radius 1 is 0.677 bits per heavy atom. The molecule has 5 heteroatoms. The Morgan fingerprint density at radius 3 is 1.74 bits per heavy atom. The van der Waals surface area contributed by atoms with Crippen molar-refractivity contribution < 1.29 is 8.83 Å². The lowest BCUT2D eigenvalue weighted by Crippen LogP contribution is -2.10. The summed E-state index contributed by atoms with van der Waals surface area (Å²) in [5, 5.41) is 2.02. The fraction of sp³-hybridized carbons (Fsp3) is 0.308. The third-order valence-electron chi connectivity index (χ3n) is 5.60. The van der Waals surface area contributed by atoms with E-state index in [0.29, 0.717) is 11.8 Å². The number of nitrogens with zero attached hydrogens (tertiary/aromatic N) is 2. The number of oxazole rings is 2. The van der Waals surface area contributed by atoms with E-state index >= 15 is 0 Å². The fourth-order valence-electron chi connectivity index (χ4n) is 3.64. The smallest absolute Gasteiger partial charge is 0.238 e. The number of thiophene rings is 1. The normalized spacial score (nSPS) is 12.8. The van der Waals surface area contributed by atoms with Gasteiger partial charge in [-0.15, -0.1) is 11.3 Å². The average molecular weight is 431 g/mol. The third kappa shape index (κ3) is 3.57. The summed E-state index contributed by atoms with van der Waals surface area (Å²) in [7, 11) is 0. The van der Waals surface area contributed by atoms with Crippen molar-refractivity contribution in [2.45, 2.75) is 52.4 Å². The predicted molar refractivity (Wildman–Crippen MR) is 128 cm³/mol. The first-order valence-corrected chi connectivity index (χ1v) is 11.4. The van der Waals surface area contributed by atoms with Crippen molar-refractivity contribution in [1.29, 1.82) is 0 Å². The molecular formula is C26H26N2O2S. The van der Waals surface area contributed by atoms with Crippen LogP contribution in [0.2, 0.25) is 0 Å². The van der Waals surface area contributed by atoms with E-state index in [1.165, 1.54) is 11.1 Å². The largest absolute Gasteiger partial charge is 0.436 e. The molecule has 0 N–H and O–H groups in total. The molecule has 0 amide bonds. The molecule has 0 atom stereocenters. The zero-order chi connectivity index (χ0) is 22.0. The minimum atomic E-state index is 0.0605. The fourth-order valence-corrected chi connectivity index (χ4v) is 4.45. The minimum absolute atomic E-state index is 0.0605. The van der Waals surface area contributed by atoms with Crippen molar-refractivity contribution in [2.24, 2.45) is 0 Å². The van der Waals surface area contributed by atoms with Gasteiger partial charge >= 0.3 is 0 Å². The van der Waals surface area contributed by atoms with E-state index in [4.69, 9.17) is 18.8 Å². The van der Waals surface area contributed by atoms with Gasteiger partial charge in [-0.25, -0.2) is 9.97 Å². The Hall–Kier alpha value is -2.92. The summed E-state index contributed by atoms with van der Waals surface area (Å²) >= 11 is 1.58. The van der Waals surface area contributed by atoms with Crippen LogP contribution in [0.25, 0.3) is 44.4 Å². The number of benzene rings is 2. The molecule has 2 aromatic carbocycles. The Kier molecular flexibility index (Phi) is 4.38. The highest BCUT2D eigenvalue weighted by molar-refractivity contribution is 7.14. The second kappa shape index (κ2) is 6.79. The van der Waals surface area contributed by atoms with E-state index in [-0.39, 0.29) is 10.8 Å². The van der Waals surface area contributed by atoms with E-state index < -0.39 is 0 Å². The number of hydrogen-bond acceptors (Lipinski definition) is 5. The van der Waals surface area contributed by atoms with Gasteiger partial charge in [0.25, 0.3) is 0 Å². The third-order valence-corrected chi connectivity index (χ3v) is 6.50. The molecule has 5 rings (SSSR count). The highest BCUT2D eigenvalue weighted by Gasteiger charge is 2.22. The molecule has 3 aromatic heterocycles. The Bertz CT molecular complexity index is 1300. The molecule has 0 aliphatic carbocycles. The van der Waals surface area contributed by atoms with Gasteiger partial charge in [-0.2, -0.15) is 0 Å². The zero-order valence-electron chi connectivity index (χ0n) is 18.7. The maximum absolute atomic E-state index is 6.11. The van der Waals surface area contributed by atoms with Crippen molar-refractivity contribution in [3.8, 4) is 22.2 Å². The van der Waals surface area contributed by atoms with Gasteiger partial charge in [0.15, 0.2) is 11.2 Å². The van der Waals surface area contributed by atoms with Crippen LogP contribution < -0.4 is 0 Å². The summed E-state index contributed by atoms with van der Waals surface area (Å²) in [5.74, 6) is 1.19. The van der Waals surface area contributed by atoms with Gasteiger partial charge in [0.1, 0.15) is 15.9 Å². The minimum Gasteiger partial charge on any atom is -0.436 e. The molecule has 0 aliphatic heterocycles. The predicted octanol–water partition coefficient (Wildman–Crippen LogP) is 7.96. The summed E-state index contributed by atoms with van der Waals surface area (Å²) < 4.78 is 12.2. The van der Waals surface area contributed by atoms with Crippen LogP contribution in [0.4, 0.5) is 0 Å². The number of aromatic nitrogens is 2. The number of hydrogen-bond donors (Lipinski definition) is 0. The van der Waals surface area contributed by atoms with E-state index in [9.17, 15) is 0 Å². The second-order valence-electron chi connectivity index (χ2n) is 10.1. The molecule has 0 bridgehead atoms. The molecule has 31 heavy (non-hydrogen) atoms. The maximum atomic E-state index is 6.11. The van der Waals surface area contributed by atoms with Crippen LogP contribution in [0.1, 0.15) is 52.7 Å². The SMILES string of the molecule is CC(C)(C)c1ccc2oc(-c3ccsc3-c3nc4cc(C(C)(C)C)ccc4o3)nc2c1. The first kappa shape index (κ1) is 20.0. The molecule has 0 fully saturated rings. The lowest BCUT2D eigenvalue weighted by atomic mass is 9.87. The summed E-state index contributed by atoms with van der Waals surface area (Å²) in [4.78, 5) is 10.5. The van der Waals surface area contributed by atoms with Crippen LogP contribution in [0, 0.1) is 0 Å². The van der Waals surface area contributed by atoms with E-state index in [0.717, 1.165) is 32.6 Å². The van der Waals surface area contributed by atoms with Crippen LogP contribution >= 0.6 is 11.3 Å². The van der Waals surface area contributed by atoms with Gasteiger partial charge in [0.2, 0.25) is 11.8 Å². The van der Waals surface area contributed by atoms with Crippen molar-refractivity contribution in [3.05, 3.63) is 59.0 Å². The van der Waals surface area contributed by atoms with Gasteiger partial charge in [-0.05, 0) is 57.7 Å². The van der Waals surface area contributed by atoms with Gasteiger partial charge in [-0.3, -0.25) is 0 Å². The summed E-state index contributed by atoms with van der Waals surface area (Å²) in [6.07, 6.45) is 0. The zero-order valence-corrected chi connectivity index (χ0v) is 19.6. The quantitative estimate of drug-likeness (QED) is 0.285. The number of fused-ring (bicyclic) bond motifs is 2. The summed E-state index contributed by atoms with van der Waals surface area (Å²) in [6, 6.07) is 14.5. The van der Waals surface area contributed by atoms with Gasteiger partial charge < -0.3 is 8.83 Å².